The van der Waals surface area contributed by atoms with E-state index in [4.69, 9.17) is 9.47 Å². The van der Waals surface area contributed by atoms with Crippen molar-refractivity contribution in [2.75, 3.05) is 26.4 Å². The van der Waals surface area contributed by atoms with Gasteiger partial charge in [-0.05, 0) is 18.8 Å². The lowest BCUT2D eigenvalue weighted by Crippen LogP contribution is -2.61. The Kier molecular flexibility index (Phi) is 3.69. The van der Waals surface area contributed by atoms with Crippen LogP contribution in [0.25, 0.3) is 0 Å². The molecule has 1 spiro atoms. The lowest BCUT2D eigenvalue weighted by atomic mass is 9.79. The van der Waals surface area contributed by atoms with Crippen molar-refractivity contribution in [2.24, 2.45) is 5.92 Å². The predicted octanol–water partition coefficient (Wildman–Crippen LogP) is 2.10. The molecule has 0 aromatic heterocycles. The first-order valence-electron chi connectivity index (χ1n) is 7.36. The average Bonchev–Trinajstić information content (AvgIpc) is 2.66. The second-order valence-corrected chi connectivity index (χ2v) is 5.90. The molecule has 0 amide bonds. The Balaban J connectivity index is 1.73. The van der Waals surface area contributed by atoms with Crippen molar-refractivity contribution in [3.63, 3.8) is 0 Å². The first-order chi connectivity index (χ1) is 8.41. The van der Waals surface area contributed by atoms with Gasteiger partial charge in [-0.2, -0.15) is 0 Å². The van der Waals surface area contributed by atoms with Gasteiger partial charge in [0.2, 0.25) is 0 Å². The van der Waals surface area contributed by atoms with Crippen molar-refractivity contribution in [2.45, 2.75) is 56.6 Å². The van der Waals surface area contributed by atoms with Gasteiger partial charge < -0.3 is 14.8 Å². The third kappa shape index (κ3) is 2.38. The molecule has 2 atom stereocenters. The van der Waals surface area contributed by atoms with Gasteiger partial charge in [0.15, 0.2) is 0 Å². The molecule has 1 aliphatic carbocycles. The van der Waals surface area contributed by atoms with Gasteiger partial charge in [0, 0.05) is 25.6 Å². The molecule has 3 rings (SSSR count). The Bertz CT molecular complexity index is 243. The van der Waals surface area contributed by atoms with Gasteiger partial charge in [-0.15, -0.1) is 0 Å². The topological polar surface area (TPSA) is 30.5 Å². The molecule has 2 unspecified atom stereocenters. The van der Waals surface area contributed by atoms with Gasteiger partial charge in [-0.1, -0.05) is 25.7 Å². The van der Waals surface area contributed by atoms with Crippen LogP contribution in [-0.4, -0.2) is 38.0 Å². The third-order valence-electron chi connectivity index (χ3n) is 4.81. The van der Waals surface area contributed by atoms with E-state index in [1.807, 2.05) is 0 Å². The fourth-order valence-corrected chi connectivity index (χ4v) is 3.91. The zero-order valence-corrected chi connectivity index (χ0v) is 10.7. The summed E-state index contributed by atoms with van der Waals surface area (Å²) >= 11 is 0. The highest BCUT2D eigenvalue weighted by Gasteiger charge is 2.48. The molecule has 0 aromatic carbocycles. The second-order valence-electron chi connectivity index (χ2n) is 5.90. The summed E-state index contributed by atoms with van der Waals surface area (Å²) < 4.78 is 11.8. The predicted molar refractivity (Wildman–Crippen MR) is 67.1 cm³/mol. The van der Waals surface area contributed by atoms with Crippen LogP contribution in [0.2, 0.25) is 0 Å². The van der Waals surface area contributed by atoms with Crippen LogP contribution in [0.5, 0.6) is 0 Å². The molecule has 0 bridgehead atoms. The molecule has 3 nitrogen and oxygen atoms in total. The Labute approximate surface area is 104 Å². The summed E-state index contributed by atoms with van der Waals surface area (Å²) in [4.78, 5) is 0. The molecule has 1 saturated carbocycles. The third-order valence-corrected chi connectivity index (χ3v) is 4.81. The molecular formula is C14H25NO2. The lowest BCUT2D eigenvalue weighted by molar-refractivity contribution is -0.112. The maximum absolute atomic E-state index is 6.15. The fourth-order valence-electron chi connectivity index (χ4n) is 3.91. The van der Waals surface area contributed by atoms with Crippen molar-refractivity contribution in [3.05, 3.63) is 0 Å². The molecule has 98 valence electrons. The van der Waals surface area contributed by atoms with Crippen LogP contribution in [0.15, 0.2) is 0 Å². The van der Waals surface area contributed by atoms with E-state index in [9.17, 15) is 0 Å². The normalized spacial score (nSPS) is 40.6. The summed E-state index contributed by atoms with van der Waals surface area (Å²) in [5.74, 6) is 0.805. The Morgan fingerprint density at radius 1 is 1.00 bits per heavy atom. The zero-order chi connectivity index (χ0) is 11.6. The van der Waals surface area contributed by atoms with Gasteiger partial charge >= 0.3 is 0 Å². The number of morpholine rings is 1. The minimum atomic E-state index is 0.00720. The molecule has 3 fully saturated rings. The summed E-state index contributed by atoms with van der Waals surface area (Å²) in [6.07, 6.45) is 9.49. The van der Waals surface area contributed by atoms with Crippen molar-refractivity contribution in [1.29, 1.82) is 0 Å². The Hall–Kier alpha value is -0.120. The fraction of sp³-hybridized carbons (Fsp3) is 1.00. The number of nitrogens with one attached hydrogen (secondary N) is 1. The van der Waals surface area contributed by atoms with E-state index >= 15 is 0 Å². The van der Waals surface area contributed by atoms with E-state index in [1.165, 1.54) is 38.5 Å². The quantitative estimate of drug-likeness (QED) is 0.711. The van der Waals surface area contributed by atoms with Crippen LogP contribution < -0.4 is 5.32 Å². The van der Waals surface area contributed by atoms with E-state index < -0.39 is 0 Å². The summed E-state index contributed by atoms with van der Waals surface area (Å²) in [5.41, 5.74) is 0.00720. The average molecular weight is 239 g/mol. The van der Waals surface area contributed by atoms with Crippen LogP contribution >= 0.6 is 0 Å². The van der Waals surface area contributed by atoms with Gasteiger partial charge in [-0.25, -0.2) is 0 Å². The molecule has 2 aliphatic heterocycles. The van der Waals surface area contributed by atoms with Crippen molar-refractivity contribution in [3.8, 4) is 0 Å². The SMILES string of the molecule is C1CCCC(C2NCCOC23CCOC3)CC1. The minimum Gasteiger partial charge on any atom is -0.378 e. The van der Waals surface area contributed by atoms with Gasteiger partial charge in [0.25, 0.3) is 0 Å². The second kappa shape index (κ2) is 5.25. The van der Waals surface area contributed by atoms with Crippen LogP contribution in [0.3, 0.4) is 0 Å². The monoisotopic (exact) mass is 239 g/mol. The molecule has 3 heteroatoms. The summed E-state index contributed by atoms with van der Waals surface area (Å²) in [6, 6.07) is 0.539. The van der Waals surface area contributed by atoms with E-state index in [1.54, 1.807) is 0 Å². The summed E-state index contributed by atoms with van der Waals surface area (Å²) in [5, 5.41) is 3.74. The van der Waals surface area contributed by atoms with Crippen LogP contribution in [-0.2, 0) is 9.47 Å². The Morgan fingerprint density at radius 2 is 1.82 bits per heavy atom. The molecule has 2 saturated heterocycles. The number of hydrogen-bond donors (Lipinski definition) is 1. The minimum absolute atomic E-state index is 0.00720. The van der Waals surface area contributed by atoms with E-state index in [0.29, 0.717) is 6.04 Å². The molecule has 0 aromatic rings. The smallest absolute Gasteiger partial charge is 0.109 e. The number of hydrogen-bond acceptors (Lipinski definition) is 3. The highest BCUT2D eigenvalue weighted by atomic mass is 16.6. The largest absolute Gasteiger partial charge is 0.378 e. The highest BCUT2D eigenvalue weighted by Crippen LogP contribution is 2.37. The first kappa shape index (κ1) is 11.9. The summed E-state index contributed by atoms with van der Waals surface area (Å²) in [7, 11) is 0. The van der Waals surface area contributed by atoms with Gasteiger partial charge in [0.1, 0.15) is 5.60 Å². The van der Waals surface area contributed by atoms with E-state index in [-0.39, 0.29) is 5.60 Å². The standard InChI is InChI=1S/C14H25NO2/c1-2-4-6-12(5-3-1)13-14(7-9-16-11-14)17-10-8-15-13/h12-13,15H,1-11H2. The number of ether oxygens (including phenoxy) is 2. The number of rotatable bonds is 1. The molecule has 3 aliphatic rings. The van der Waals surface area contributed by atoms with Crippen LogP contribution in [0, 0.1) is 5.92 Å². The zero-order valence-electron chi connectivity index (χ0n) is 10.7. The van der Waals surface area contributed by atoms with Crippen molar-refractivity contribution < 1.29 is 9.47 Å². The summed E-state index contributed by atoms with van der Waals surface area (Å²) in [6.45, 7) is 3.56. The van der Waals surface area contributed by atoms with E-state index in [2.05, 4.69) is 5.32 Å². The maximum atomic E-state index is 6.15. The maximum Gasteiger partial charge on any atom is 0.109 e. The van der Waals surface area contributed by atoms with Gasteiger partial charge in [0.05, 0.1) is 13.2 Å². The highest BCUT2D eigenvalue weighted by molar-refractivity contribution is 5.01. The molecule has 2 heterocycles. The molecule has 1 N–H and O–H groups in total. The van der Waals surface area contributed by atoms with Crippen molar-refractivity contribution >= 4 is 0 Å². The van der Waals surface area contributed by atoms with Gasteiger partial charge in [-0.3, -0.25) is 0 Å². The molecule has 17 heavy (non-hydrogen) atoms. The van der Waals surface area contributed by atoms with Crippen molar-refractivity contribution in [1.82, 2.24) is 5.32 Å². The lowest BCUT2D eigenvalue weighted by Gasteiger charge is -2.44. The molecular weight excluding hydrogens is 214 g/mol. The first-order valence-corrected chi connectivity index (χ1v) is 7.36. The Morgan fingerprint density at radius 3 is 2.53 bits per heavy atom. The van der Waals surface area contributed by atoms with E-state index in [0.717, 1.165) is 38.7 Å². The molecule has 0 radical (unpaired) electrons. The van der Waals surface area contributed by atoms with Crippen LogP contribution in [0.1, 0.15) is 44.9 Å². The van der Waals surface area contributed by atoms with Crippen LogP contribution in [0.4, 0.5) is 0 Å².